The van der Waals surface area contributed by atoms with E-state index >= 15 is 0 Å². The summed E-state index contributed by atoms with van der Waals surface area (Å²) in [6.45, 7) is 4.58. The fourth-order valence-corrected chi connectivity index (χ4v) is 5.45. The van der Waals surface area contributed by atoms with Crippen molar-refractivity contribution in [1.29, 1.82) is 0 Å². The highest BCUT2D eigenvalue weighted by Crippen LogP contribution is 2.49. The van der Waals surface area contributed by atoms with Crippen LogP contribution in [0.1, 0.15) is 35.8 Å². The molecule has 2 aromatic rings. The number of ether oxygens (including phenoxy) is 1. The van der Waals surface area contributed by atoms with Gasteiger partial charge in [-0.1, -0.05) is 11.8 Å². The predicted octanol–water partition coefficient (Wildman–Crippen LogP) is 2.57. The van der Waals surface area contributed by atoms with E-state index in [1.165, 1.54) is 29.7 Å². The molecule has 1 saturated heterocycles. The summed E-state index contributed by atoms with van der Waals surface area (Å²) in [6.07, 6.45) is 2.08. The Bertz CT molecular complexity index is 928. The maximum Gasteiger partial charge on any atom is 0.275 e. The second kappa shape index (κ2) is 7.02. The Hall–Kier alpha value is -2.17. The highest BCUT2D eigenvalue weighted by molar-refractivity contribution is 8.13. The first-order valence-corrected chi connectivity index (χ1v) is 10.7. The van der Waals surface area contributed by atoms with Crippen LogP contribution in [0.15, 0.2) is 28.7 Å². The van der Waals surface area contributed by atoms with Crippen molar-refractivity contribution in [2.24, 2.45) is 16.6 Å². The minimum atomic E-state index is -0.616. The third-order valence-corrected chi connectivity index (χ3v) is 6.90. The molecule has 0 spiro atoms. The van der Waals surface area contributed by atoms with Gasteiger partial charge in [0.15, 0.2) is 5.17 Å². The molecule has 28 heavy (non-hydrogen) atoms. The zero-order chi connectivity index (χ0) is 19.9. The quantitative estimate of drug-likeness (QED) is 0.699. The number of aromatic nitrogens is 2. The lowest BCUT2D eigenvalue weighted by atomic mass is 9.77. The molecular formula is C18H21N5O3S2. The largest absolute Gasteiger partial charge is 0.506 e. The van der Waals surface area contributed by atoms with Crippen LogP contribution in [0.4, 0.5) is 5.82 Å². The molecular weight excluding hydrogens is 398 g/mol. The standard InChI is InChI=1S/C18H21N5O3S2/c1-17(2)5-10-7-28-16(19)23-18(10,9-26-17)15-22-13(8-27-15)21-14(25)12-4-3-11(24)6-20-12/h3-4,6,8,10,24H,5,7,9H2,1-2H3,(H2,19,23)(H,21,25)/t10-,18-/m0/s1. The molecule has 1 amide bonds. The van der Waals surface area contributed by atoms with Crippen molar-refractivity contribution >= 4 is 40.0 Å². The third-order valence-electron chi connectivity index (χ3n) is 4.94. The summed E-state index contributed by atoms with van der Waals surface area (Å²) in [7, 11) is 0. The number of anilines is 1. The molecule has 0 radical (unpaired) electrons. The molecule has 2 atom stereocenters. The van der Waals surface area contributed by atoms with Crippen LogP contribution in [0.5, 0.6) is 5.75 Å². The number of aromatic hydroxyl groups is 1. The van der Waals surface area contributed by atoms with E-state index in [4.69, 9.17) is 15.5 Å². The maximum atomic E-state index is 12.4. The minimum absolute atomic E-state index is 0.00322. The van der Waals surface area contributed by atoms with Crippen molar-refractivity contribution in [3.8, 4) is 5.75 Å². The topological polar surface area (TPSA) is 123 Å². The van der Waals surface area contributed by atoms with Crippen molar-refractivity contribution in [3.05, 3.63) is 34.4 Å². The molecule has 4 heterocycles. The summed E-state index contributed by atoms with van der Waals surface area (Å²) in [4.78, 5) is 25.7. The molecule has 10 heteroatoms. The first-order chi connectivity index (χ1) is 13.3. The van der Waals surface area contributed by atoms with Crippen LogP contribution in [0.2, 0.25) is 0 Å². The molecule has 0 saturated carbocycles. The summed E-state index contributed by atoms with van der Waals surface area (Å²) in [5.41, 5.74) is 5.41. The number of pyridine rings is 1. The lowest BCUT2D eigenvalue weighted by molar-refractivity contribution is -0.109. The van der Waals surface area contributed by atoms with Gasteiger partial charge in [-0.15, -0.1) is 11.3 Å². The summed E-state index contributed by atoms with van der Waals surface area (Å²) in [6, 6.07) is 2.86. The normalized spacial score (nSPS) is 26.2. The van der Waals surface area contributed by atoms with E-state index < -0.39 is 11.4 Å². The van der Waals surface area contributed by atoms with Gasteiger partial charge in [0.05, 0.1) is 18.4 Å². The van der Waals surface area contributed by atoms with Crippen LogP contribution in [0.25, 0.3) is 0 Å². The molecule has 148 valence electrons. The van der Waals surface area contributed by atoms with Crippen LogP contribution in [0, 0.1) is 5.92 Å². The van der Waals surface area contributed by atoms with Crippen molar-refractivity contribution in [3.63, 3.8) is 0 Å². The summed E-state index contributed by atoms with van der Waals surface area (Å²) in [5.74, 6) is 1.16. The molecule has 0 aliphatic carbocycles. The van der Waals surface area contributed by atoms with Gasteiger partial charge in [-0.25, -0.2) is 15.0 Å². The zero-order valence-electron chi connectivity index (χ0n) is 15.5. The smallest absolute Gasteiger partial charge is 0.275 e. The average Bonchev–Trinajstić information content (AvgIpc) is 3.11. The van der Waals surface area contributed by atoms with Gasteiger partial charge in [0, 0.05) is 17.1 Å². The number of rotatable bonds is 3. The Kier molecular flexibility index (Phi) is 4.80. The fourth-order valence-electron chi connectivity index (χ4n) is 3.49. The Morgan fingerprint density at radius 1 is 1.43 bits per heavy atom. The first-order valence-electron chi connectivity index (χ1n) is 8.82. The highest BCUT2D eigenvalue weighted by Gasteiger charge is 2.52. The summed E-state index contributed by atoms with van der Waals surface area (Å²) in [5, 5.41) is 15.2. The second-order valence-corrected chi connectivity index (χ2v) is 9.43. The van der Waals surface area contributed by atoms with Gasteiger partial charge in [-0.3, -0.25) is 4.79 Å². The van der Waals surface area contributed by atoms with Crippen LogP contribution < -0.4 is 11.1 Å². The third kappa shape index (κ3) is 3.59. The maximum absolute atomic E-state index is 12.4. The number of nitrogens with two attached hydrogens (primary N) is 1. The molecule has 2 aliphatic rings. The fraction of sp³-hybridized carbons (Fsp3) is 0.444. The highest BCUT2D eigenvalue weighted by atomic mass is 32.2. The lowest BCUT2D eigenvalue weighted by Gasteiger charge is -2.47. The van der Waals surface area contributed by atoms with Crippen LogP contribution in [0.3, 0.4) is 0 Å². The SMILES string of the molecule is CC1(C)C[C@H]2CSC(N)=N[C@@]2(c2nc(NC(=O)c3ccc(O)cn3)cs2)CO1. The number of hydrogen-bond acceptors (Lipinski definition) is 9. The van der Waals surface area contributed by atoms with Gasteiger partial charge >= 0.3 is 0 Å². The summed E-state index contributed by atoms with van der Waals surface area (Å²) < 4.78 is 6.09. The zero-order valence-corrected chi connectivity index (χ0v) is 17.1. The number of thioether (sulfide) groups is 1. The Balaban J connectivity index is 1.59. The van der Waals surface area contributed by atoms with E-state index in [9.17, 15) is 9.90 Å². The van der Waals surface area contributed by atoms with Gasteiger partial charge in [0.2, 0.25) is 0 Å². The molecule has 0 aromatic carbocycles. The second-order valence-electron chi connectivity index (χ2n) is 7.53. The van der Waals surface area contributed by atoms with Crippen molar-refractivity contribution in [2.45, 2.75) is 31.4 Å². The van der Waals surface area contributed by atoms with Gasteiger partial charge in [0.25, 0.3) is 5.91 Å². The van der Waals surface area contributed by atoms with E-state index in [-0.39, 0.29) is 23.0 Å². The lowest BCUT2D eigenvalue weighted by Crippen LogP contribution is -2.52. The number of nitrogens with zero attached hydrogens (tertiary/aromatic N) is 3. The monoisotopic (exact) mass is 419 g/mol. The number of hydrogen-bond donors (Lipinski definition) is 3. The molecule has 0 bridgehead atoms. The van der Waals surface area contributed by atoms with Crippen LogP contribution in [-0.2, 0) is 10.3 Å². The van der Waals surface area contributed by atoms with E-state index in [2.05, 4.69) is 29.1 Å². The molecule has 8 nitrogen and oxygen atoms in total. The molecule has 4 N–H and O–H groups in total. The van der Waals surface area contributed by atoms with E-state index in [0.717, 1.165) is 17.2 Å². The number of aliphatic imine (C=N–C) groups is 1. The van der Waals surface area contributed by atoms with Crippen molar-refractivity contribution in [2.75, 3.05) is 17.7 Å². The Morgan fingerprint density at radius 3 is 3.00 bits per heavy atom. The van der Waals surface area contributed by atoms with Crippen molar-refractivity contribution in [1.82, 2.24) is 9.97 Å². The predicted molar refractivity (Wildman–Crippen MR) is 110 cm³/mol. The van der Waals surface area contributed by atoms with Gasteiger partial charge in [-0.05, 0) is 32.4 Å². The molecule has 2 aromatic heterocycles. The average molecular weight is 420 g/mol. The Labute approximate surface area is 170 Å². The van der Waals surface area contributed by atoms with E-state index in [1.807, 2.05) is 0 Å². The van der Waals surface area contributed by atoms with Crippen LogP contribution >= 0.6 is 23.1 Å². The molecule has 0 unspecified atom stereocenters. The van der Waals surface area contributed by atoms with E-state index in [1.54, 1.807) is 17.1 Å². The minimum Gasteiger partial charge on any atom is -0.506 e. The van der Waals surface area contributed by atoms with Gasteiger partial charge in [0.1, 0.15) is 27.8 Å². The van der Waals surface area contributed by atoms with Gasteiger partial charge in [-0.2, -0.15) is 0 Å². The molecule has 2 aliphatic heterocycles. The number of fused-ring (bicyclic) bond motifs is 1. The Morgan fingerprint density at radius 2 is 2.25 bits per heavy atom. The first kappa shape index (κ1) is 19.2. The molecule has 1 fully saturated rings. The number of carbonyl (C=O) groups is 1. The molecule has 4 rings (SSSR count). The number of carbonyl (C=O) groups excluding carboxylic acids is 1. The summed E-state index contributed by atoms with van der Waals surface area (Å²) >= 11 is 3.00. The van der Waals surface area contributed by atoms with Crippen LogP contribution in [-0.4, -0.2) is 44.1 Å². The number of nitrogens with one attached hydrogen (secondary N) is 1. The van der Waals surface area contributed by atoms with Crippen molar-refractivity contribution < 1.29 is 14.6 Å². The number of thiazole rings is 1. The number of amidine groups is 1. The number of amides is 1. The van der Waals surface area contributed by atoms with E-state index in [0.29, 0.717) is 17.6 Å². The van der Waals surface area contributed by atoms with Gasteiger partial charge < -0.3 is 20.9 Å².